The van der Waals surface area contributed by atoms with Crippen LogP contribution in [0.3, 0.4) is 0 Å². The molecule has 0 radical (unpaired) electrons. The standard InChI is InChI=1S/C24H31BN6O2/c1-2-29-7-9-31(10-8-29)21-15-19-20(25)16-26-24(32)22(19)23(28-21)27-17-3-5-18(6-4-17)30-11-13-33-14-12-30/h3-6,15-16H,2,7-14,25H2,1H3,(H,26,32)(H,27,28). The largest absolute Gasteiger partial charge is 0.378 e. The number of nitrogens with zero attached hydrogens (tertiary/aromatic N) is 4. The number of hydrogen-bond donors (Lipinski definition) is 2. The zero-order chi connectivity index (χ0) is 22.8. The summed E-state index contributed by atoms with van der Waals surface area (Å²) < 4.78 is 5.46. The van der Waals surface area contributed by atoms with E-state index >= 15 is 0 Å². The van der Waals surface area contributed by atoms with E-state index in [0.29, 0.717) is 11.2 Å². The van der Waals surface area contributed by atoms with Gasteiger partial charge in [0.25, 0.3) is 5.56 Å². The molecule has 2 aliphatic rings. The molecule has 172 valence electrons. The summed E-state index contributed by atoms with van der Waals surface area (Å²) in [6.07, 6.45) is 1.78. The highest BCUT2D eigenvalue weighted by Gasteiger charge is 2.20. The van der Waals surface area contributed by atoms with Crippen molar-refractivity contribution in [2.24, 2.45) is 0 Å². The molecule has 33 heavy (non-hydrogen) atoms. The van der Waals surface area contributed by atoms with E-state index in [2.05, 4.69) is 62.3 Å². The Kier molecular flexibility index (Phi) is 6.24. The van der Waals surface area contributed by atoms with Gasteiger partial charge in [-0.3, -0.25) is 4.79 Å². The molecular formula is C24H31BN6O2. The molecular weight excluding hydrogens is 415 g/mol. The van der Waals surface area contributed by atoms with Crippen molar-refractivity contribution in [3.05, 3.63) is 46.9 Å². The lowest BCUT2D eigenvalue weighted by Gasteiger charge is -2.35. The molecule has 2 fully saturated rings. The fourth-order valence-electron chi connectivity index (χ4n) is 4.66. The predicted molar refractivity (Wildman–Crippen MR) is 138 cm³/mol. The highest BCUT2D eigenvalue weighted by Crippen LogP contribution is 2.27. The number of aromatic amines is 1. The van der Waals surface area contributed by atoms with Gasteiger partial charge >= 0.3 is 0 Å². The van der Waals surface area contributed by atoms with E-state index in [-0.39, 0.29) is 5.56 Å². The summed E-state index contributed by atoms with van der Waals surface area (Å²) in [5, 5.41) is 4.97. The number of benzene rings is 1. The van der Waals surface area contributed by atoms with E-state index in [0.717, 1.165) is 81.4 Å². The molecule has 3 aromatic rings. The minimum Gasteiger partial charge on any atom is -0.378 e. The minimum atomic E-state index is -0.127. The first kappa shape index (κ1) is 21.8. The summed E-state index contributed by atoms with van der Waals surface area (Å²) >= 11 is 0. The molecule has 9 heteroatoms. The number of ether oxygens (including phenoxy) is 1. The van der Waals surface area contributed by atoms with Crippen LogP contribution in [-0.4, -0.2) is 81.7 Å². The molecule has 1 aromatic carbocycles. The third-order valence-corrected chi connectivity index (χ3v) is 6.73. The SMILES string of the molecule is Bc1c[nH]c(=O)c2c(Nc3ccc(N4CCOCC4)cc3)nc(N3CCN(CC)CC3)cc12. The van der Waals surface area contributed by atoms with Gasteiger partial charge in [0.2, 0.25) is 0 Å². The molecule has 5 rings (SSSR count). The van der Waals surface area contributed by atoms with Gasteiger partial charge in [-0.05, 0) is 48.5 Å². The molecule has 0 spiro atoms. The number of rotatable bonds is 5. The maximum atomic E-state index is 12.8. The van der Waals surface area contributed by atoms with E-state index in [1.54, 1.807) is 6.20 Å². The molecule has 0 bridgehead atoms. The lowest BCUT2D eigenvalue weighted by Crippen LogP contribution is -2.46. The minimum absolute atomic E-state index is 0.127. The summed E-state index contributed by atoms with van der Waals surface area (Å²) in [4.78, 5) is 27.7. The van der Waals surface area contributed by atoms with Crippen LogP contribution in [0.4, 0.5) is 23.0 Å². The van der Waals surface area contributed by atoms with Gasteiger partial charge in [-0.25, -0.2) is 4.98 Å². The van der Waals surface area contributed by atoms with Crippen LogP contribution >= 0.6 is 0 Å². The van der Waals surface area contributed by atoms with Gasteiger partial charge in [-0.15, -0.1) is 0 Å². The second kappa shape index (κ2) is 9.45. The Labute approximate surface area is 195 Å². The zero-order valence-corrected chi connectivity index (χ0v) is 19.4. The lowest BCUT2D eigenvalue weighted by molar-refractivity contribution is 0.122. The number of likely N-dealkylation sites (N-methyl/N-ethyl adjacent to an activating group) is 1. The third-order valence-electron chi connectivity index (χ3n) is 6.73. The molecule has 2 aromatic heterocycles. The third kappa shape index (κ3) is 4.56. The lowest BCUT2D eigenvalue weighted by atomic mass is 9.93. The molecule has 0 atom stereocenters. The number of H-pyrrole nitrogens is 1. The number of nitrogens with one attached hydrogen (secondary N) is 2. The Balaban J connectivity index is 1.47. The van der Waals surface area contributed by atoms with Crippen LogP contribution in [0.15, 0.2) is 41.3 Å². The summed E-state index contributed by atoms with van der Waals surface area (Å²) in [7, 11) is 2.03. The number of fused-ring (bicyclic) bond motifs is 1. The van der Waals surface area contributed by atoms with Crippen LogP contribution < -0.4 is 26.1 Å². The maximum Gasteiger partial charge on any atom is 0.259 e. The highest BCUT2D eigenvalue weighted by molar-refractivity contribution is 6.39. The summed E-state index contributed by atoms with van der Waals surface area (Å²) in [6, 6.07) is 10.4. The second-order valence-electron chi connectivity index (χ2n) is 8.75. The van der Waals surface area contributed by atoms with Crippen LogP contribution in [0.1, 0.15) is 6.92 Å². The van der Waals surface area contributed by atoms with Gasteiger partial charge < -0.3 is 29.7 Å². The predicted octanol–water partition coefficient (Wildman–Crippen LogP) is 0.904. The molecule has 0 saturated carbocycles. The van der Waals surface area contributed by atoms with Crippen molar-refractivity contribution in [2.75, 3.05) is 74.1 Å². The topological polar surface area (TPSA) is 76.7 Å². The molecule has 0 amide bonds. The average molecular weight is 446 g/mol. The summed E-state index contributed by atoms with van der Waals surface area (Å²) in [5.74, 6) is 1.52. The molecule has 0 aliphatic carbocycles. The summed E-state index contributed by atoms with van der Waals surface area (Å²) in [5.41, 5.74) is 3.00. The molecule has 2 saturated heterocycles. The van der Waals surface area contributed by atoms with E-state index in [1.807, 2.05) is 7.85 Å². The van der Waals surface area contributed by atoms with Gasteiger partial charge in [0.05, 0.1) is 18.6 Å². The van der Waals surface area contributed by atoms with E-state index in [4.69, 9.17) is 9.72 Å². The first-order valence-electron chi connectivity index (χ1n) is 11.8. The van der Waals surface area contributed by atoms with Gasteiger partial charge in [0.15, 0.2) is 0 Å². The fourth-order valence-corrected chi connectivity index (χ4v) is 4.66. The fraction of sp³-hybridized carbons (Fsp3) is 0.417. The second-order valence-corrected chi connectivity index (χ2v) is 8.75. The Morgan fingerprint density at radius 2 is 1.79 bits per heavy atom. The monoisotopic (exact) mass is 446 g/mol. The van der Waals surface area contributed by atoms with Crippen molar-refractivity contribution in [3.8, 4) is 0 Å². The molecule has 4 heterocycles. The molecule has 8 nitrogen and oxygen atoms in total. The average Bonchev–Trinajstić information content (AvgIpc) is 2.87. The Bertz CT molecular complexity index is 1170. The van der Waals surface area contributed by atoms with Crippen LogP contribution in [0.2, 0.25) is 0 Å². The van der Waals surface area contributed by atoms with Crippen molar-refractivity contribution < 1.29 is 4.74 Å². The number of pyridine rings is 2. The van der Waals surface area contributed by atoms with Crippen LogP contribution in [0.25, 0.3) is 10.8 Å². The van der Waals surface area contributed by atoms with Gasteiger partial charge in [0, 0.05) is 50.6 Å². The first-order chi connectivity index (χ1) is 16.1. The number of piperazine rings is 1. The van der Waals surface area contributed by atoms with Crippen LogP contribution in [0.5, 0.6) is 0 Å². The number of anilines is 4. The van der Waals surface area contributed by atoms with Crippen molar-refractivity contribution in [1.29, 1.82) is 0 Å². The smallest absolute Gasteiger partial charge is 0.259 e. The van der Waals surface area contributed by atoms with Crippen LogP contribution in [-0.2, 0) is 4.74 Å². The number of aromatic nitrogens is 2. The van der Waals surface area contributed by atoms with E-state index < -0.39 is 0 Å². The van der Waals surface area contributed by atoms with Crippen molar-refractivity contribution in [3.63, 3.8) is 0 Å². The zero-order valence-electron chi connectivity index (χ0n) is 19.4. The van der Waals surface area contributed by atoms with Gasteiger partial charge in [-0.1, -0.05) is 12.4 Å². The number of morpholine rings is 1. The normalized spacial score (nSPS) is 17.5. The molecule has 0 unspecified atom stereocenters. The van der Waals surface area contributed by atoms with E-state index in [9.17, 15) is 4.79 Å². The van der Waals surface area contributed by atoms with Crippen molar-refractivity contribution >= 4 is 47.1 Å². The van der Waals surface area contributed by atoms with Crippen molar-refractivity contribution in [2.45, 2.75) is 6.92 Å². The van der Waals surface area contributed by atoms with Gasteiger partial charge in [0.1, 0.15) is 19.5 Å². The Morgan fingerprint density at radius 3 is 2.48 bits per heavy atom. The van der Waals surface area contributed by atoms with E-state index in [1.165, 1.54) is 5.69 Å². The molecule has 2 aliphatic heterocycles. The van der Waals surface area contributed by atoms with Gasteiger partial charge in [-0.2, -0.15) is 0 Å². The maximum absolute atomic E-state index is 12.8. The summed E-state index contributed by atoms with van der Waals surface area (Å²) in [6.45, 7) is 10.5. The Hall–Kier alpha value is -3.04. The quantitative estimate of drug-likeness (QED) is 0.565. The van der Waals surface area contributed by atoms with Crippen molar-refractivity contribution in [1.82, 2.24) is 14.9 Å². The Morgan fingerprint density at radius 1 is 1.06 bits per heavy atom. The highest BCUT2D eigenvalue weighted by atomic mass is 16.5. The molecule has 2 N–H and O–H groups in total. The first-order valence-corrected chi connectivity index (χ1v) is 11.8. The van der Waals surface area contributed by atoms with Crippen LogP contribution in [0, 0.1) is 0 Å². The number of hydrogen-bond acceptors (Lipinski definition) is 7.